The fourth-order valence-electron chi connectivity index (χ4n) is 1.21. The Balaban J connectivity index is 2.70. The SMILES string of the molecule is CCCS(=O)CC(=O)c1ccccc1Br. The van der Waals surface area contributed by atoms with Gasteiger partial charge in [-0.1, -0.05) is 41.1 Å². The topological polar surface area (TPSA) is 34.1 Å². The zero-order valence-corrected chi connectivity index (χ0v) is 10.9. The predicted octanol–water partition coefficient (Wildman–Crippen LogP) is 2.79. The van der Waals surface area contributed by atoms with E-state index in [4.69, 9.17) is 0 Å². The Bertz CT molecular complexity index is 377. The zero-order chi connectivity index (χ0) is 11.3. The molecule has 4 heteroatoms. The van der Waals surface area contributed by atoms with Crippen LogP contribution < -0.4 is 0 Å². The molecule has 0 saturated heterocycles. The molecule has 0 aliphatic rings. The number of halogens is 1. The molecule has 0 radical (unpaired) electrons. The van der Waals surface area contributed by atoms with Crippen molar-refractivity contribution < 1.29 is 9.00 Å². The highest BCUT2D eigenvalue weighted by Gasteiger charge is 2.12. The molecule has 15 heavy (non-hydrogen) atoms. The van der Waals surface area contributed by atoms with Crippen molar-refractivity contribution in [1.82, 2.24) is 0 Å². The highest BCUT2D eigenvalue weighted by atomic mass is 79.9. The number of carbonyl (C=O) groups excluding carboxylic acids is 1. The van der Waals surface area contributed by atoms with E-state index in [-0.39, 0.29) is 11.5 Å². The average molecular weight is 289 g/mol. The minimum Gasteiger partial charge on any atom is -0.293 e. The molecule has 1 aromatic carbocycles. The highest BCUT2D eigenvalue weighted by Crippen LogP contribution is 2.16. The van der Waals surface area contributed by atoms with Crippen molar-refractivity contribution in [2.45, 2.75) is 13.3 Å². The molecular formula is C11H13BrO2S. The minimum absolute atomic E-state index is 0.0609. The van der Waals surface area contributed by atoms with E-state index < -0.39 is 10.8 Å². The average Bonchev–Trinajstić information content (AvgIpc) is 2.18. The third-order valence-electron chi connectivity index (χ3n) is 1.90. The summed E-state index contributed by atoms with van der Waals surface area (Å²) in [5.41, 5.74) is 0.613. The summed E-state index contributed by atoms with van der Waals surface area (Å²) in [5.74, 6) is 0.654. The van der Waals surface area contributed by atoms with Gasteiger partial charge in [0.2, 0.25) is 0 Å². The summed E-state index contributed by atoms with van der Waals surface area (Å²) in [6.45, 7) is 1.96. The Labute approximate surface area is 101 Å². The summed E-state index contributed by atoms with van der Waals surface area (Å²) in [4.78, 5) is 11.7. The van der Waals surface area contributed by atoms with Crippen LogP contribution in [0.25, 0.3) is 0 Å². The van der Waals surface area contributed by atoms with Gasteiger partial charge in [0.25, 0.3) is 0 Å². The fourth-order valence-corrected chi connectivity index (χ4v) is 2.76. The number of hydrogen-bond donors (Lipinski definition) is 0. The van der Waals surface area contributed by atoms with Crippen LogP contribution in [-0.4, -0.2) is 21.5 Å². The van der Waals surface area contributed by atoms with Crippen LogP contribution in [0.15, 0.2) is 28.7 Å². The molecule has 0 spiro atoms. The first kappa shape index (κ1) is 12.6. The molecule has 0 saturated carbocycles. The maximum atomic E-state index is 11.7. The Hall–Kier alpha value is -0.480. The van der Waals surface area contributed by atoms with Gasteiger partial charge in [-0.2, -0.15) is 0 Å². The number of Topliss-reactive ketones (excluding diaryl/α,β-unsaturated/α-hetero) is 1. The second-order valence-electron chi connectivity index (χ2n) is 3.19. The van der Waals surface area contributed by atoms with Gasteiger partial charge in [0.15, 0.2) is 5.78 Å². The molecule has 0 bridgehead atoms. The number of carbonyl (C=O) groups is 1. The van der Waals surface area contributed by atoms with E-state index in [9.17, 15) is 9.00 Å². The van der Waals surface area contributed by atoms with Crippen molar-refractivity contribution >= 4 is 32.5 Å². The summed E-state index contributed by atoms with van der Waals surface area (Å²) >= 11 is 3.31. The van der Waals surface area contributed by atoms with Gasteiger partial charge >= 0.3 is 0 Å². The second kappa shape index (κ2) is 6.18. The number of hydrogen-bond acceptors (Lipinski definition) is 2. The van der Waals surface area contributed by atoms with Crippen molar-refractivity contribution in [3.8, 4) is 0 Å². The molecule has 0 aliphatic carbocycles. The molecule has 0 aromatic heterocycles. The zero-order valence-electron chi connectivity index (χ0n) is 8.53. The maximum absolute atomic E-state index is 11.7. The van der Waals surface area contributed by atoms with Gasteiger partial charge in [-0.05, 0) is 12.5 Å². The highest BCUT2D eigenvalue weighted by molar-refractivity contribution is 9.10. The van der Waals surface area contributed by atoms with E-state index in [2.05, 4.69) is 15.9 Å². The quantitative estimate of drug-likeness (QED) is 0.781. The van der Waals surface area contributed by atoms with Gasteiger partial charge in [0.1, 0.15) is 0 Å². The van der Waals surface area contributed by atoms with Gasteiger partial charge in [-0.25, -0.2) is 0 Å². The Kier molecular flexibility index (Phi) is 5.19. The first-order chi connectivity index (χ1) is 7.15. The van der Waals surface area contributed by atoms with Crippen LogP contribution in [0, 0.1) is 0 Å². The molecule has 0 heterocycles. The summed E-state index contributed by atoms with van der Waals surface area (Å²) in [6, 6.07) is 7.22. The molecule has 0 aliphatic heterocycles. The van der Waals surface area contributed by atoms with Crippen LogP contribution in [0.1, 0.15) is 23.7 Å². The largest absolute Gasteiger partial charge is 0.293 e. The van der Waals surface area contributed by atoms with Crippen molar-refractivity contribution in [2.75, 3.05) is 11.5 Å². The normalized spacial score (nSPS) is 12.4. The van der Waals surface area contributed by atoms with E-state index in [0.29, 0.717) is 11.3 Å². The van der Waals surface area contributed by atoms with Gasteiger partial charge in [-0.15, -0.1) is 0 Å². The van der Waals surface area contributed by atoms with Crippen LogP contribution in [0.4, 0.5) is 0 Å². The molecule has 0 N–H and O–H groups in total. The fraction of sp³-hybridized carbons (Fsp3) is 0.364. The van der Waals surface area contributed by atoms with E-state index in [0.717, 1.165) is 10.9 Å². The maximum Gasteiger partial charge on any atom is 0.176 e. The molecule has 82 valence electrons. The van der Waals surface area contributed by atoms with Gasteiger partial charge < -0.3 is 0 Å². The minimum atomic E-state index is -1.03. The molecule has 2 nitrogen and oxygen atoms in total. The summed E-state index contributed by atoms with van der Waals surface area (Å²) in [6.07, 6.45) is 0.843. The molecule has 0 fully saturated rings. The smallest absolute Gasteiger partial charge is 0.176 e. The Morgan fingerprint density at radius 2 is 2.07 bits per heavy atom. The lowest BCUT2D eigenvalue weighted by atomic mass is 10.1. The van der Waals surface area contributed by atoms with E-state index >= 15 is 0 Å². The van der Waals surface area contributed by atoms with E-state index in [1.807, 2.05) is 19.1 Å². The molecule has 1 aromatic rings. The van der Waals surface area contributed by atoms with Crippen molar-refractivity contribution in [2.24, 2.45) is 0 Å². The number of ketones is 1. The number of benzene rings is 1. The van der Waals surface area contributed by atoms with E-state index in [1.54, 1.807) is 12.1 Å². The van der Waals surface area contributed by atoms with Crippen molar-refractivity contribution in [3.05, 3.63) is 34.3 Å². The molecular weight excluding hydrogens is 276 g/mol. The third-order valence-corrected chi connectivity index (χ3v) is 4.04. The van der Waals surface area contributed by atoms with Crippen LogP contribution in [-0.2, 0) is 10.8 Å². The lowest BCUT2D eigenvalue weighted by Crippen LogP contribution is -2.13. The molecule has 1 unspecified atom stereocenters. The van der Waals surface area contributed by atoms with Gasteiger partial charge in [-0.3, -0.25) is 9.00 Å². The predicted molar refractivity (Wildman–Crippen MR) is 66.6 cm³/mol. The molecule has 0 amide bonds. The summed E-state index contributed by atoms with van der Waals surface area (Å²) in [7, 11) is -1.03. The third kappa shape index (κ3) is 3.87. The van der Waals surface area contributed by atoms with Gasteiger partial charge in [0.05, 0.1) is 5.75 Å². The first-order valence-corrected chi connectivity index (χ1v) is 7.06. The van der Waals surface area contributed by atoms with Crippen LogP contribution in [0.3, 0.4) is 0 Å². The lowest BCUT2D eigenvalue weighted by Gasteiger charge is -2.02. The molecule has 1 atom stereocenters. The van der Waals surface area contributed by atoms with Crippen molar-refractivity contribution in [1.29, 1.82) is 0 Å². The molecule has 1 rings (SSSR count). The Morgan fingerprint density at radius 3 is 2.67 bits per heavy atom. The standard InChI is InChI=1S/C11H13BrO2S/c1-2-7-15(14)8-11(13)9-5-3-4-6-10(9)12/h3-6H,2,7-8H2,1H3. The first-order valence-electron chi connectivity index (χ1n) is 4.78. The second-order valence-corrected chi connectivity index (χ2v) is 5.62. The monoisotopic (exact) mass is 288 g/mol. The van der Waals surface area contributed by atoms with Gasteiger partial charge in [0, 0.05) is 26.6 Å². The number of rotatable bonds is 5. The van der Waals surface area contributed by atoms with Crippen LogP contribution in [0.2, 0.25) is 0 Å². The summed E-state index contributed by atoms with van der Waals surface area (Å²) in [5, 5.41) is 0. The summed E-state index contributed by atoms with van der Waals surface area (Å²) < 4.78 is 12.2. The van der Waals surface area contributed by atoms with E-state index in [1.165, 1.54) is 0 Å². The lowest BCUT2D eigenvalue weighted by molar-refractivity contribution is 0.102. The van der Waals surface area contributed by atoms with Crippen LogP contribution in [0.5, 0.6) is 0 Å². The van der Waals surface area contributed by atoms with Crippen molar-refractivity contribution in [3.63, 3.8) is 0 Å². The van der Waals surface area contributed by atoms with Crippen LogP contribution >= 0.6 is 15.9 Å². The Morgan fingerprint density at radius 1 is 1.40 bits per heavy atom.